The van der Waals surface area contributed by atoms with Gasteiger partial charge in [-0.2, -0.15) is 5.10 Å². The van der Waals surface area contributed by atoms with Crippen LogP contribution in [0.1, 0.15) is 41.5 Å². The lowest BCUT2D eigenvalue weighted by Crippen LogP contribution is -2.24. The van der Waals surface area contributed by atoms with Crippen LogP contribution in [0.2, 0.25) is 0 Å². The van der Waals surface area contributed by atoms with E-state index in [0.29, 0.717) is 11.5 Å². The highest BCUT2D eigenvalue weighted by atomic mass is 16.5. The average molecular weight is 352 g/mol. The number of pyridine rings is 1. The molecule has 1 aliphatic carbocycles. The summed E-state index contributed by atoms with van der Waals surface area (Å²) in [6.45, 7) is 2.01. The van der Waals surface area contributed by atoms with E-state index in [-0.39, 0.29) is 0 Å². The molecule has 3 aromatic rings. The van der Waals surface area contributed by atoms with Gasteiger partial charge in [0.2, 0.25) is 0 Å². The minimum atomic E-state index is -1.15. The molecule has 6 heteroatoms. The number of benzene rings is 1. The van der Waals surface area contributed by atoms with Crippen molar-refractivity contribution in [3.8, 4) is 0 Å². The van der Waals surface area contributed by atoms with Gasteiger partial charge in [0.15, 0.2) is 5.92 Å². The van der Waals surface area contributed by atoms with Crippen LogP contribution in [0.5, 0.6) is 0 Å². The highest BCUT2D eigenvalue weighted by molar-refractivity contribution is 6.06. The molecule has 1 saturated carbocycles. The second kappa shape index (κ2) is 6.12. The minimum Gasteiger partial charge on any atom is -0.468 e. The van der Waals surface area contributed by atoms with Gasteiger partial charge in [-0.05, 0) is 37.3 Å². The monoisotopic (exact) mass is 352 g/mol. The van der Waals surface area contributed by atoms with Crippen LogP contribution in [0.15, 0.2) is 30.5 Å². The number of carbonyl (C=O) groups is 2. The molecular weight excluding hydrogens is 332 g/mol. The molecule has 26 heavy (non-hydrogen) atoms. The van der Waals surface area contributed by atoms with Crippen molar-refractivity contribution in [2.75, 3.05) is 14.2 Å². The summed E-state index contributed by atoms with van der Waals surface area (Å²) in [6.07, 6.45) is 3.83. The summed E-state index contributed by atoms with van der Waals surface area (Å²) in [4.78, 5) is 24.7. The predicted octanol–water partition coefficient (Wildman–Crippen LogP) is 3.10. The summed E-state index contributed by atoms with van der Waals surface area (Å²) in [5, 5.41) is 6.54. The third-order valence-corrected chi connectivity index (χ3v) is 4.99. The fraction of sp³-hybridized carbons (Fsp3) is 0.350. The first-order valence-electron chi connectivity index (χ1n) is 8.61. The lowest BCUT2D eigenvalue weighted by molar-refractivity contribution is -0.154. The van der Waals surface area contributed by atoms with E-state index in [1.54, 1.807) is 6.20 Å². The quantitative estimate of drug-likeness (QED) is 0.533. The first-order valence-corrected chi connectivity index (χ1v) is 8.61. The van der Waals surface area contributed by atoms with E-state index < -0.39 is 17.9 Å². The fourth-order valence-electron chi connectivity index (χ4n) is 3.51. The zero-order chi connectivity index (χ0) is 18.4. The first kappa shape index (κ1) is 16.6. The van der Waals surface area contributed by atoms with Crippen molar-refractivity contribution < 1.29 is 19.1 Å². The lowest BCUT2D eigenvalue weighted by Gasteiger charge is -2.14. The van der Waals surface area contributed by atoms with Crippen molar-refractivity contribution in [3.05, 3.63) is 47.3 Å². The van der Waals surface area contributed by atoms with Crippen molar-refractivity contribution in [3.63, 3.8) is 0 Å². The Morgan fingerprint density at radius 3 is 2.46 bits per heavy atom. The zero-order valence-electron chi connectivity index (χ0n) is 15.0. The fourth-order valence-corrected chi connectivity index (χ4v) is 3.51. The van der Waals surface area contributed by atoms with Gasteiger partial charge in [0, 0.05) is 22.6 Å². The summed E-state index contributed by atoms with van der Waals surface area (Å²) in [5.74, 6) is -1.99. The maximum Gasteiger partial charge on any atom is 0.324 e. The van der Waals surface area contributed by atoms with Crippen LogP contribution in [-0.2, 0) is 19.1 Å². The highest BCUT2D eigenvalue weighted by Crippen LogP contribution is 2.42. The molecule has 4 rings (SSSR count). The number of rotatable bonds is 4. The van der Waals surface area contributed by atoms with Crippen LogP contribution >= 0.6 is 0 Å². The molecule has 134 valence electrons. The second-order valence-corrected chi connectivity index (χ2v) is 6.77. The van der Waals surface area contributed by atoms with Gasteiger partial charge in [0.25, 0.3) is 0 Å². The van der Waals surface area contributed by atoms with Crippen LogP contribution in [0.25, 0.3) is 16.3 Å². The molecule has 6 nitrogen and oxygen atoms in total. The first-order chi connectivity index (χ1) is 12.5. The zero-order valence-corrected chi connectivity index (χ0v) is 15.0. The highest BCUT2D eigenvalue weighted by Gasteiger charge is 2.35. The number of nitrogens with zero attached hydrogens (tertiary/aromatic N) is 2. The molecule has 2 heterocycles. The molecule has 0 amide bonds. The molecule has 0 spiro atoms. The van der Waals surface area contributed by atoms with Crippen LogP contribution in [0.3, 0.4) is 0 Å². The Bertz CT molecular complexity index is 1020. The van der Waals surface area contributed by atoms with Crippen molar-refractivity contribution in [2.45, 2.75) is 31.6 Å². The summed E-state index contributed by atoms with van der Waals surface area (Å²) < 4.78 is 11.6. The maximum atomic E-state index is 12.3. The van der Waals surface area contributed by atoms with E-state index in [4.69, 9.17) is 9.47 Å². The summed E-state index contributed by atoms with van der Waals surface area (Å²) >= 11 is 0. The minimum absolute atomic E-state index is 0.464. The van der Waals surface area contributed by atoms with Gasteiger partial charge in [0.1, 0.15) is 0 Å². The molecular formula is C20H20N2O4. The Morgan fingerprint density at radius 1 is 1.15 bits per heavy atom. The van der Waals surface area contributed by atoms with Crippen molar-refractivity contribution >= 4 is 28.2 Å². The van der Waals surface area contributed by atoms with Crippen LogP contribution in [-0.4, -0.2) is 35.8 Å². The SMILES string of the molecule is COC(=O)C(C(=O)OC)c1cnn2c(C3CC3)cc3ccc(C)cc3c12. The molecule has 1 aromatic carbocycles. The molecule has 1 fully saturated rings. The van der Waals surface area contributed by atoms with E-state index in [2.05, 4.69) is 29.4 Å². The molecule has 0 bridgehead atoms. The van der Waals surface area contributed by atoms with E-state index in [1.165, 1.54) is 14.2 Å². The number of esters is 2. The van der Waals surface area contributed by atoms with Crippen molar-refractivity contribution in [1.82, 2.24) is 9.61 Å². The van der Waals surface area contributed by atoms with Gasteiger partial charge in [0.05, 0.1) is 25.9 Å². The molecule has 0 radical (unpaired) electrons. The average Bonchev–Trinajstić information content (AvgIpc) is 3.40. The smallest absolute Gasteiger partial charge is 0.324 e. The van der Waals surface area contributed by atoms with Crippen LogP contribution < -0.4 is 0 Å². The Balaban J connectivity index is 2.06. The standard InChI is InChI=1S/C20H20N2O4/c1-11-4-5-13-9-16(12-6-7-12)22-18(14(13)8-11)15(10-21-22)17(19(23)25-2)20(24)26-3/h4-5,8-10,12,17H,6-7H2,1-3H3. The molecule has 0 N–H and O–H groups in total. The van der Waals surface area contributed by atoms with Crippen molar-refractivity contribution in [2.24, 2.45) is 0 Å². The number of ether oxygens (including phenoxy) is 2. The number of aromatic nitrogens is 2. The van der Waals surface area contributed by atoms with E-state index >= 15 is 0 Å². The van der Waals surface area contributed by atoms with Gasteiger partial charge < -0.3 is 9.47 Å². The molecule has 0 aliphatic heterocycles. The van der Waals surface area contributed by atoms with Gasteiger partial charge in [-0.3, -0.25) is 9.59 Å². The third kappa shape index (κ3) is 2.53. The molecule has 0 atom stereocenters. The largest absolute Gasteiger partial charge is 0.468 e. The number of carbonyl (C=O) groups excluding carboxylic acids is 2. The molecule has 0 saturated heterocycles. The van der Waals surface area contributed by atoms with E-state index in [0.717, 1.165) is 40.4 Å². The van der Waals surface area contributed by atoms with Crippen LogP contribution in [0, 0.1) is 6.92 Å². The maximum absolute atomic E-state index is 12.3. The van der Waals surface area contributed by atoms with E-state index in [1.807, 2.05) is 11.4 Å². The Hall–Kier alpha value is -2.89. The summed E-state index contributed by atoms with van der Waals surface area (Å²) in [5.41, 5.74) is 3.49. The van der Waals surface area contributed by atoms with Gasteiger partial charge in [-0.15, -0.1) is 0 Å². The molecule has 2 aromatic heterocycles. The summed E-state index contributed by atoms with van der Waals surface area (Å²) in [7, 11) is 2.53. The number of hydrogen-bond donors (Lipinski definition) is 0. The number of fused-ring (bicyclic) bond motifs is 3. The number of aryl methyl sites for hydroxylation is 1. The molecule has 0 unspecified atom stereocenters. The number of methoxy groups -OCH3 is 2. The number of hydrogen-bond acceptors (Lipinski definition) is 5. The van der Waals surface area contributed by atoms with Crippen LogP contribution in [0.4, 0.5) is 0 Å². The van der Waals surface area contributed by atoms with Gasteiger partial charge >= 0.3 is 11.9 Å². The van der Waals surface area contributed by atoms with Crippen molar-refractivity contribution in [1.29, 1.82) is 0 Å². The predicted molar refractivity (Wildman–Crippen MR) is 96.2 cm³/mol. The second-order valence-electron chi connectivity index (χ2n) is 6.77. The normalized spacial score (nSPS) is 14.2. The Morgan fingerprint density at radius 2 is 1.85 bits per heavy atom. The molecule has 1 aliphatic rings. The van der Waals surface area contributed by atoms with Gasteiger partial charge in [-0.25, -0.2) is 4.52 Å². The third-order valence-electron chi connectivity index (χ3n) is 4.99. The topological polar surface area (TPSA) is 69.9 Å². The lowest BCUT2D eigenvalue weighted by atomic mass is 9.97. The summed E-state index contributed by atoms with van der Waals surface area (Å²) in [6, 6.07) is 8.34. The van der Waals surface area contributed by atoms with Gasteiger partial charge in [-0.1, -0.05) is 17.7 Å². The Labute approximate surface area is 150 Å². The van der Waals surface area contributed by atoms with E-state index in [9.17, 15) is 9.59 Å². The Kier molecular flexibility index (Phi) is 3.90.